The van der Waals surface area contributed by atoms with Crippen molar-refractivity contribution in [3.63, 3.8) is 0 Å². The normalized spacial score (nSPS) is 17.1. The number of anilines is 1. The van der Waals surface area contributed by atoms with Crippen molar-refractivity contribution in [1.29, 1.82) is 0 Å². The smallest absolute Gasteiger partial charge is 0.111 e. The lowest BCUT2D eigenvalue weighted by molar-refractivity contribution is 0.184. The Morgan fingerprint density at radius 2 is 2.19 bits per heavy atom. The van der Waals surface area contributed by atoms with Crippen LogP contribution in [-0.4, -0.2) is 46.1 Å². The van der Waals surface area contributed by atoms with Crippen LogP contribution in [0.5, 0.6) is 0 Å². The molecule has 0 radical (unpaired) electrons. The van der Waals surface area contributed by atoms with Gasteiger partial charge in [0.25, 0.3) is 0 Å². The van der Waals surface area contributed by atoms with Crippen molar-refractivity contribution >= 4 is 16.7 Å². The molecule has 1 fully saturated rings. The highest BCUT2D eigenvalue weighted by Gasteiger charge is 2.20. The maximum Gasteiger partial charge on any atom is 0.111 e. The van der Waals surface area contributed by atoms with E-state index in [4.69, 9.17) is 14.5 Å². The first-order valence-corrected chi connectivity index (χ1v) is 9.31. The first-order chi connectivity index (χ1) is 13.2. The van der Waals surface area contributed by atoms with E-state index in [1.54, 1.807) is 7.11 Å². The van der Waals surface area contributed by atoms with E-state index in [1.807, 2.05) is 23.3 Å². The summed E-state index contributed by atoms with van der Waals surface area (Å²) in [6, 6.07) is 4.72. The molecule has 7 heteroatoms. The van der Waals surface area contributed by atoms with Gasteiger partial charge >= 0.3 is 0 Å². The van der Waals surface area contributed by atoms with Crippen LogP contribution < -0.4 is 5.32 Å². The van der Waals surface area contributed by atoms with E-state index in [-0.39, 0.29) is 6.04 Å². The summed E-state index contributed by atoms with van der Waals surface area (Å²) in [5, 5.41) is 8.20. The Bertz CT molecular complexity index is 931. The highest BCUT2D eigenvalue weighted by atomic mass is 16.5. The number of pyridine rings is 2. The minimum Gasteiger partial charge on any atom is -0.380 e. The van der Waals surface area contributed by atoms with Crippen LogP contribution in [0, 0.1) is 0 Å². The monoisotopic (exact) mass is 367 g/mol. The third-order valence-corrected chi connectivity index (χ3v) is 4.73. The molecule has 0 bridgehead atoms. The van der Waals surface area contributed by atoms with Gasteiger partial charge in [-0.3, -0.25) is 9.67 Å². The molecule has 3 aromatic rings. The van der Waals surface area contributed by atoms with Crippen LogP contribution in [0.1, 0.15) is 31.9 Å². The molecule has 1 aliphatic heterocycles. The van der Waals surface area contributed by atoms with Crippen LogP contribution in [0.3, 0.4) is 0 Å². The zero-order chi connectivity index (χ0) is 18.8. The fourth-order valence-corrected chi connectivity index (χ4v) is 3.45. The summed E-state index contributed by atoms with van der Waals surface area (Å²) in [5.41, 5.74) is 5.80. The van der Waals surface area contributed by atoms with Crippen LogP contribution in [0.2, 0.25) is 0 Å². The topological polar surface area (TPSA) is 74.1 Å². The van der Waals surface area contributed by atoms with Crippen molar-refractivity contribution in [2.45, 2.75) is 39.0 Å². The molecule has 0 amide bonds. The van der Waals surface area contributed by atoms with E-state index in [0.29, 0.717) is 12.6 Å². The van der Waals surface area contributed by atoms with Crippen molar-refractivity contribution in [1.82, 2.24) is 19.7 Å². The molecule has 3 aromatic heterocycles. The molecular weight excluding hydrogens is 342 g/mol. The number of ether oxygens (including phenoxy) is 2. The van der Waals surface area contributed by atoms with Crippen molar-refractivity contribution in [3.8, 4) is 11.3 Å². The average Bonchev–Trinajstić information content (AvgIpc) is 3.31. The molecule has 4 rings (SSSR count). The number of aromatic nitrogens is 4. The number of fused-ring (bicyclic) bond motifs is 1. The van der Waals surface area contributed by atoms with Gasteiger partial charge in [0.2, 0.25) is 0 Å². The average molecular weight is 367 g/mol. The van der Waals surface area contributed by atoms with Crippen LogP contribution >= 0.6 is 0 Å². The second-order valence-corrected chi connectivity index (χ2v) is 7.19. The third kappa shape index (κ3) is 3.65. The molecule has 1 N–H and O–H groups in total. The molecule has 0 aromatic carbocycles. The SMILES string of the molecule is COCc1cncc(-c2cc(N[C@@H]3CCOC3)c3c(cnn3C(C)C)n2)c1. The molecule has 1 saturated heterocycles. The van der Waals surface area contributed by atoms with E-state index >= 15 is 0 Å². The maximum absolute atomic E-state index is 5.53. The highest BCUT2D eigenvalue weighted by Crippen LogP contribution is 2.31. The van der Waals surface area contributed by atoms with E-state index in [9.17, 15) is 0 Å². The lowest BCUT2D eigenvalue weighted by atomic mass is 10.1. The summed E-state index contributed by atoms with van der Waals surface area (Å²) in [5.74, 6) is 0. The zero-order valence-corrected chi connectivity index (χ0v) is 16.0. The molecule has 1 aliphatic rings. The fraction of sp³-hybridized carbons (Fsp3) is 0.450. The van der Waals surface area contributed by atoms with Gasteiger partial charge in [0.15, 0.2) is 0 Å². The number of nitrogens with zero attached hydrogens (tertiary/aromatic N) is 4. The summed E-state index contributed by atoms with van der Waals surface area (Å²) in [6.45, 7) is 6.30. The second kappa shape index (κ2) is 7.62. The van der Waals surface area contributed by atoms with Crippen LogP contribution in [0.15, 0.2) is 30.7 Å². The van der Waals surface area contributed by atoms with Gasteiger partial charge in [-0.2, -0.15) is 5.10 Å². The fourth-order valence-electron chi connectivity index (χ4n) is 3.45. The summed E-state index contributed by atoms with van der Waals surface area (Å²) < 4.78 is 12.8. The first kappa shape index (κ1) is 17.9. The lowest BCUT2D eigenvalue weighted by Crippen LogP contribution is -2.20. The number of nitrogens with one attached hydrogen (secondary N) is 1. The van der Waals surface area contributed by atoms with E-state index in [0.717, 1.165) is 53.2 Å². The molecular formula is C20H25N5O2. The van der Waals surface area contributed by atoms with Crippen LogP contribution in [0.4, 0.5) is 5.69 Å². The molecule has 4 heterocycles. The van der Waals surface area contributed by atoms with Crippen molar-refractivity contribution in [2.24, 2.45) is 0 Å². The predicted octanol–water partition coefficient (Wildman–Crippen LogP) is 3.42. The molecule has 0 aliphatic carbocycles. The number of hydrogen-bond donors (Lipinski definition) is 1. The van der Waals surface area contributed by atoms with Gasteiger partial charge in [0.05, 0.1) is 36.8 Å². The van der Waals surface area contributed by atoms with Gasteiger partial charge in [-0.15, -0.1) is 0 Å². The van der Waals surface area contributed by atoms with Gasteiger partial charge in [-0.05, 0) is 38.0 Å². The van der Waals surface area contributed by atoms with Gasteiger partial charge in [-0.1, -0.05) is 0 Å². The standard InChI is InChI=1S/C20H25N5O2/c1-13(2)25-20-18(23-16-4-5-27-12-16)7-17(24-19(20)10-22-25)15-6-14(11-26-3)8-21-9-15/h6-10,13,16H,4-5,11-12H2,1-3H3,(H,23,24)/t16-/m1/s1. The second-order valence-electron chi connectivity index (χ2n) is 7.19. The molecule has 0 unspecified atom stereocenters. The summed E-state index contributed by atoms with van der Waals surface area (Å²) in [7, 11) is 1.68. The predicted molar refractivity (Wildman–Crippen MR) is 105 cm³/mol. The Balaban J connectivity index is 1.81. The summed E-state index contributed by atoms with van der Waals surface area (Å²) >= 11 is 0. The van der Waals surface area contributed by atoms with E-state index in [2.05, 4.69) is 41.4 Å². The Hall–Kier alpha value is -2.51. The van der Waals surface area contributed by atoms with Crippen LogP contribution in [-0.2, 0) is 16.1 Å². The van der Waals surface area contributed by atoms with Gasteiger partial charge in [0, 0.05) is 37.7 Å². The Kier molecular flexibility index (Phi) is 5.05. The van der Waals surface area contributed by atoms with Gasteiger partial charge < -0.3 is 14.8 Å². The molecule has 0 spiro atoms. The Morgan fingerprint density at radius 1 is 1.30 bits per heavy atom. The molecule has 7 nitrogen and oxygen atoms in total. The number of methoxy groups -OCH3 is 1. The van der Waals surface area contributed by atoms with Gasteiger partial charge in [-0.25, -0.2) is 4.98 Å². The van der Waals surface area contributed by atoms with E-state index in [1.165, 1.54) is 0 Å². The minimum atomic E-state index is 0.252. The first-order valence-electron chi connectivity index (χ1n) is 9.31. The number of rotatable bonds is 6. The summed E-state index contributed by atoms with van der Waals surface area (Å²) in [6.07, 6.45) is 6.49. The summed E-state index contributed by atoms with van der Waals surface area (Å²) in [4.78, 5) is 9.19. The van der Waals surface area contributed by atoms with Crippen molar-refractivity contribution < 1.29 is 9.47 Å². The Labute approximate surface area is 158 Å². The Morgan fingerprint density at radius 3 is 2.93 bits per heavy atom. The minimum absolute atomic E-state index is 0.252. The van der Waals surface area contributed by atoms with Crippen molar-refractivity contribution in [2.75, 3.05) is 25.6 Å². The maximum atomic E-state index is 5.53. The molecule has 0 saturated carbocycles. The molecule has 142 valence electrons. The number of hydrogen-bond acceptors (Lipinski definition) is 6. The van der Waals surface area contributed by atoms with Crippen molar-refractivity contribution in [3.05, 3.63) is 36.3 Å². The van der Waals surface area contributed by atoms with E-state index < -0.39 is 0 Å². The lowest BCUT2D eigenvalue weighted by Gasteiger charge is -2.17. The third-order valence-electron chi connectivity index (χ3n) is 4.73. The van der Waals surface area contributed by atoms with Gasteiger partial charge in [0.1, 0.15) is 11.0 Å². The molecule has 27 heavy (non-hydrogen) atoms. The van der Waals surface area contributed by atoms with Crippen LogP contribution in [0.25, 0.3) is 22.3 Å². The molecule has 1 atom stereocenters. The quantitative estimate of drug-likeness (QED) is 0.720. The highest BCUT2D eigenvalue weighted by molar-refractivity contribution is 5.91. The zero-order valence-electron chi connectivity index (χ0n) is 16.0. The largest absolute Gasteiger partial charge is 0.380 e.